The number of anilines is 1. The zero-order valence-corrected chi connectivity index (χ0v) is 11.1. The van der Waals surface area contributed by atoms with Crippen LogP contribution in [0.3, 0.4) is 0 Å². The monoisotopic (exact) mass is 245 g/mol. The second-order valence-corrected chi connectivity index (χ2v) is 4.32. The summed E-state index contributed by atoms with van der Waals surface area (Å²) < 4.78 is 7.63. The van der Waals surface area contributed by atoms with Gasteiger partial charge in [-0.3, -0.25) is 0 Å². The van der Waals surface area contributed by atoms with E-state index in [1.807, 2.05) is 36.6 Å². The second-order valence-electron chi connectivity index (χ2n) is 4.32. The van der Waals surface area contributed by atoms with E-state index in [0.29, 0.717) is 12.3 Å². The third-order valence-electron chi connectivity index (χ3n) is 3.02. The first-order valence-electron chi connectivity index (χ1n) is 6.17. The lowest BCUT2D eigenvalue weighted by atomic mass is 10.2. The summed E-state index contributed by atoms with van der Waals surface area (Å²) in [7, 11) is 0. The molecule has 0 unspecified atom stereocenters. The molecule has 0 saturated carbocycles. The summed E-state index contributed by atoms with van der Waals surface area (Å²) in [6, 6.07) is 5.82. The van der Waals surface area contributed by atoms with Gasteiger partial charge in [-0.2, -0.15) is 0 Å². The van der Waals surface area contributed by atoms with E-state index in [2.05, 4.69) is 11.9 Å². The Kier molecular flexibility index (Phi) is 3.55. The molecule has 0 radical (unpaired) electrons. The SMILES string of the molecule is CCCOc1cccc(-n2cnc(C)c2C)c1N. The summed E-state index contributed by atoms with van der Waals surface area (Å²) >= 11 is 0. The molecule has 2 N–H and O–H groups in total. The molecule has 1 aromatic carbocycles. The normalized spacial score (nSPS) is 10.6. The predicted octanol–water partition coefficient (Wildman–Crippen LogP) is 2.86. The van der Waals surface area contributed by atoms with E-state index in [1.165, 1.54) is 0 Å². The van der Waals surface area contributed by atoms with E-state index in [0.717, 1.165) is 29.2 Å². The van der Waals surface area contributed by atoms with Gasteiger partial charge in [-0.25, -0.2) is 4.98 Å². The van der Waals surface area contributed by atoms with Crippen LogP contribution in [0.4, 0.5) is 5.69 Å². The maximum absolute atomic E-state index is 6.16. The predicted molar refractivity (Wildman–Crippen MR) is 73.2 cm³/mol. The Morgan fingerprint density at radius 2 is 2.11 bits per heavy atom. The molecule has 2 rings (SSSR count). The first-order chi connectivity index (χ1) is 8.65. The number of hydrogen-bond acceptors (Lipinski definition) is 3. The molecule has 0 saturated heterocycles. The lowest BCUT2D eigenvalue weighted by Gasteiger charge is -2.13. The highest BCUT2D eigenvalue weighted by Gasteiger charge is 2.10. The van der Waals surface area contributed by atoms with Gasteiger partial charge in [0.25, 0.3) is 0 Å². The smallest absolute Gasteiger partial charge is 0.144 e. The Labute approximate surface area is 107 Å². The van der Waals surface area contributed by atoms with Crippen molar-refractivity contribution in [2.75, 3.05) is 12.3 Å². The lowest BCUT2D eigenvalue weighted by molar-refractivity contribution is 0.319. The number of nitrogens with two attached hydrogens (primary N) is 1. The van der Waals surface area contributed by atoms with Crippen molar-refractivity contribution in [3.63, 3.8) is 0 Å². The number of imidazole rings is 1. The molecular formula is C14H19N3O. The number of nitrogen functional groups attached to an aromatic ring is 1. The van der Waals surface area contributed by atoms with Crippen molar-refractivity contribution in [1.29, 1.82) is 0 Å². The standard InChI is InChI=1S/C14H19N3O/c1-4-8-18-13-7-5-6-12(14(13)15)17-9-16-10(2)11(17)3/h5-7,9H,4,8,15H2,1-3H3. The number of benzene rings is 1. The van der Waals surface area contributed by atoms with Crippen molar-refractivity contribution >= 4 is 5.69 Å². The third-order valence-corrected chi connectivity index (χ3v) is 3.02. The summed E-state index contributed by atoms with van der Waals surface area (Å²) in [6.07, 6.45) is 2.76. The Morgan fingerprint density at radius 3 is 2.72 bits per heavy atom. The minimum absolute atomic E-state index is 0.659. The van der Waals surface area contributed by atoms with Crippen molar-refractivity contribution in [2.24, 2.45) is 0 Å². The van der Waals surface area contributed by atoms with Gasteiger partial charge in [0.05, 0.1) is 30.0 Å². The van der Waals surface area contributed by atoms with E-state index in [4.69, 9.17) is 10.5 Å². The van der Waals surface area contributed by atoms with E-state index >= 15 is 0 Å². The molecule has 4 nitrogen and oxygen atoms in total. The summed E-state index contributed by atoms with van der Waals surface area (Å²) in [4.78, 5) is 4.29. The van der Waals surface area contributed by atoms with Gasteiger partial charge in [0.2, 0.25) is 0 Å². The maximum atomic E-state index is 6.16. The van der Waals surface area contributed by atoms with Crippen molar-refractivity contribution < 1.29 is 4.74 Å². The molecule has 1 aromatic heterocycles. The zero-order valence-electron chi connectivity index (χ0n) is 11.1. The van der Waals surface area contributed by atoms with Gasteiger partial charge in [0.1, 0.15) is 5.75 Å². The molecule has 0 fully saturated rings. The van der Waals surface area contributed by atoms with Crippen molar-refractivity contribution in [1.82, 2.24) is 9.55 Å². The number of aryl methyl sites for hydroxylation is 1. The van der Waals surface area contributed by atoms with Gasteiger partial charge in [0.15, 0.2) is 0 Å². The number of ether oxygens (including phenoxy) is 1. The van der Waals surface area contributed by atoms with Crippen molar-refractivity contribution in [3.05, 3.63) is 35.9 Å². The van der Waals surface area contributed by atoms with Gasteiger partial charge in [0, 0.05) is 5.69 Å². The first kappa shape index (κ1) is 12.5. The molecule has 96 valence electrons. The molecule has 0 spiro atoms. The number of rotatable bonds is 4. The van der Waals surface area contributed by atoms with Crippen LogP contribution < -0.4 is 10.5 Å². The topological polar surface area (TPSA) is 53.1 Å². The maximum Gasteiger partial charge on any atom is 0.144 e. The number of nitrogens with zero attached hydrogens (tertiary/aromatic N) is 2. The number of para-hydroxylation sites is 1. The van der Waals surface area contributed by atoms with Crippen LogP contribution in [-0.2, 0) is 0 Å². The first-order valence-corrected chi connectivity index (χ1v) is 6.17. The minimum atomic E-state index is 0.659. The quantitative estimate of drug-likeness (QED) is 0.843. The molecule has 0 aliphatic rings. The summed E-state index contributed by atoms with van der Waals surface area (Å²) in [6.45, 7) is 6.76. The molecule has 0 bridgehead atoms. The fourth-order valence-electron chi connectivity index (χ4n) is 1.82. The Hall–Kier alpha value is -1.97. The molecule has 0 aliphatic heterocycles. The van der Waals surface area contributed by atoms with Crippen LogP contribution in [0, 0.1) is 13.8 Å². The van der Waals surface area contributed by atoms with Crippen LogP contribution in [0.5, 0.6) is 5.75 Å². The summed E-state index contributed by atoms with van der Waals surface area (Å²) in [5.41, 5.74) is 9.84. The molecule has 0 atom stereocenters. The molecule has 2 aromatic rings. The van der Waals surface area contributed by atoms with Gasteiger partial charge in [-0.1, -0.05) is 13.0 Å². The molecule has 0 amide bonds. The zero-order chi connectivity index (χ0) is 13.1. The van der Waals surface area contributed by atoms with E-state index in [9.17, 15) is 0 Å². The minimum Gasteiger partial charge on any atom is -0.491 e. The van der Waals surface area contributed by atoms with Crippen LogP contribution in [-0.4, -0.2) is 16.2 Å². The summed E-state index contributed by atoms with van der Waals surface area (Å²) in [5, 5.41) is 0. The lowest BCUT2D eigenvalue weighted by Crippen LogP contribution is -2.04. The number of aromatic nitrogens is 2. The highest BCUT2D eigenvalue weighted by molar-refractivity contribution is 5.67. The Morgan fingerprint density at radius 1 is 1.33 bits per heavy atom. The van der Waals surface area contributed by atoms with E-state index in [-0.39, 0.29) is 0 Å². The average Bonchev–Trinajstić information content (AvgIpc) is 2.69. The largest absolute Gasteiger partial charge is 0.491 e. The highest BCUT2D eigenvalue weighted by atomic mass is 16.5. The average molecular weight is 245 g/mol. The molecule has 1 heterocycles. The van der Waals surface area contributed by atoms with Gasteiger partial charge < -0.3 is 15.0 Å². The third kappa shape index (κ3) is 2.18. The molecular weight excluding hydrogens is 226 g/mol. The molecule has 4 heteroatoms. The fraction of sp³-hybridized carbons (Fsp3) is 0.357. The summed E-state index contributed by atoms with van der Waals surface area (Å²) in [5.74, 6) is 0.736. The van der Waals surface area contributed by atoms with E-state index < -0.39 is 0 Å². The van der Waals surface area contributed by atoms with Gasteiger partial charge >= 0.3 is 0 Å². The fourth-order valence-corrected chi connectivity index (χ4v) is 1.82. The van der Waals surface area contributed by atoms with Crippen LogP contribution in [0.15, 0.2) is 24.5 Å². The second kappa shape index (κ2) is 5.12. The molecule has 18 heavy (non-hydrogen) atoms. The van der Waals surface area contributed by atoms with Crippen molar-refractivity contribution in [2.45, 2.75) is 27.2 Å². The molecule has 0 aliphatic carbocycles. The van der Waals surface area contributed by atoms with Gasteiger partial charge in [-0.05, 0) is 32.4 Å². The van der Waals surface area contributed by atoms with E-state index in [1.54, 1.807) is 6.33 Å². The highest BCUT2D eigenvalue weighted by Crippen LogP contribution is 2.29. The van der Waals surface area contributed by atoms with Crippen LogP contribution in [0.1, 0.15) is 24.7 Å². The van der Waals surface area contributed by atoms with Gasteiger partial charge in [-0.15, -0.1) is 0 Å². The number of hydrogen-bond donors (Lipinski definition) is 1. The Bertz CT molecular complexity index is 546. The van der Waals surface area contributed by atoms with Crippen LogP contribution >= 0.6 is 0 Å². The Balaban J connectivity index is 2.42. The van der Waals surface area contributed by atoms with Crippen LogP contribution in [0.2, 0.25) is 0 Å². The van der Waals surface area contributed by atoms with Crippen molar-refractivity contribution in [3.8, 4) is 11.4 Å². The van der Waals surface area contributed by atoms with Crippen LogP contribution in [0.25, 0.3) is 5.69 Å².